The summed E-state index contributed by atoms with van der Waals surface area (Å²) in [6.45, 7) is 4.98. The van der Waals surface area contributed by atoms with E-state index in [1.807, 2.05) is 19.9 Å². The summed E-state index contributed by atoms with van der Waals surface area (Å²) in [4.78, 5) is 24.7. The van der Waals surface area contributed by atoms with Gasteiger partial charge in [0.1, 0.15) is 17.6 Å². The summed E-state index contributed by atoms with van der Waals surface area (Å²) in [6.07, 6.45) is 3.46. The highest BCUT2D eigenvalue weighted by Crippen LogP contribution is 2.37. The number of aromatic nitrogens is 1. The lowest BCUT2D eigenvalue weighted by atomic mass is 10.2. The first-order valence-electron chi connectivity index (χ1n) is 10.2. The van der Waals surface area contributed by atoms with Crippen LogP contribution in [0.2, 0.25) is 0 Å². The van der Waals surface area contributed by atoms with Crippen molar-refractivity contribution in [3.05, 3.63) is 47.2 Å². The predicted molar refractivity (Wildman–Crippen MR) is 112 cm³/mol. The van der Waals surface area contributed by atoms with Crippen LogP contribution in [-0.2, 0) is 14.3 Å². The summed E-state index contributed by atoms with van der Waals surface area (Å²) in [5, 5.41) is 12.4. The molecule has 0 aliphatic heterocycles. The van der Waals surface area contributed by atoms with E-state index in [0.29, 0.717) is 17.1 Å². The third-order valence-corrected chi connectivity index (χ3v) is 5.55. The maximum absolute atomic E-state index is 12.5. The second-order valence-corrected chi connectivity index (χ2v) is 7.58. The molecule has 0 radical (unpaired) electrons. The zero-order chi connectivity index (χ0) is 21.7. The van der Waals surface area contributed by atoms with E-state index in [-0.39, 0.29) is 6.04 Å². The van der Waals surface area contributed by atoms with Crippen LogP contribution in [0.3, 0.4) is 0 Å². The lowest BCUT2D eigenvalue weighted by Gasteiger charge is -2.19. The fourth-order valence-electron chi connectivity index (χ4n) is 3.88. The van der Waals surface area contributed by atoms with Crippen LogP contribution in [0.25, 0.3) is 0 Å². The first kappa shape index (κ1) is 21.4. The molecule has 3 rings (SSSR count). The Morgan fingerprint density at radius 3 is 2.53 bits per heavy atom. The molecule has 158 valence electrons. The highest BCUT2D eigenvalue weighted by molar-refractivity contribution is 5.94. The number of para-hydroxylation sites is 1. The molecule has 1 aliphatic carbocycles. The lowest BCUT2D eigenvalue weighted by Crippen LogP contribution is -2.30. The number of hydrogen-bond acceptors (Lipinski definition) is 5. The van der Waals surface area contributed by atoms with Gasteiger partial charge in [-0.2, -0.15) is 5.26 Å². The van der Waals surface area contributed by atoms with E-state index in [9.17, 15) is 14.9 Å². The van der Waals surface area contributed by atoms with Gasteiger partial charge in [-0.3, -0.25) is 4.79 Å². The molecule has 1 aliphatic rings. The third kappa shape index (κ3) is 4.65. The zero-order valence-corrected chi connectivity index (χ0v) is 17.6. The topological polar surface area (TPSA) is 93.3 Å². The number of esters is 1. The zero-order valence-electron chi connectivity index (χ0n) is 17.6. The van der Waals surface area contributed by atoms with Gasteiger partial charge in [0, 0.05) is 11.7 Å². The van der Waals surface area contributed by atoms with Gasteiger partial charge < -0.3 is 19.4 Å². The van der Waals surface area contributed by atoms with E-state index in [0.717, 1.165) is 36.9 Å². The number of anilines is 1. The number of nitrogens with one attached hydrogen (secondary N) is 1. The van der Waals surface area contributed by atoms with Crippen LogP contribution in [0.1, 0.15) is 55.5 Å². The van der Waals surface area contributed by atoms with Crippen LogP contribution in [0.4, 0.5) is 5.82 Å². The van der Waals surface area contributed by atoms with Crippen molar-refractivity contribution in [3.63, 3.8) is 0 Å². The molecule has 1 aromatic carbocycles. The van der Waals surface area contributed by atoms with Crippen molar-refractivity contribution in [1.29, 1.82) is 5.26 Å². The molecule has 7 nitrogen and oxygen atoms in total. The SMILES string of the molecule is Cc1c(C#N)c(NC(=O)COC(=O)[C@H](C)Oc2ccccc2)n(C2CCCC2)c1C. The summed E-state index contributed by atoms with van der Waals surface area (Å²) in [5.41, 5.74) is 2.30. The molecule has 1 aromatic heterocycles. The Bertz CT molecular complexity index is 953. The lowest BCUT2D eigenvalue weighted by molar-refractivity contribution is -0.153. The minimum Gasteiger partial charge on any atom is -0.479 e. The van der Waals surface area contributed by atoms with Gasteiger partial charge in [-0.1, -0.05) is 31.0 Å². The van der Waals surface area contributed by atoms with Gasteiger partial charge in [0.2, 0.25) is 0 Å². The predicted octanol–water partition coefficient (Wildman–Crippen LogP) is 4.04. The highest BCUT2D eigenvalue weighted by Gasteiger charge is 2.27. The van der Waals surface area contributed by atoms with E-state index in [4.69, 9.17) is 9.47 Å². The van der Waals surface area contributed by atoms with E-state index >= 15 is 0 Å². The normalized spacial score (nSPS) is 14.7. The van der Waals surface area contributed by atoms with Gasteiger partial charge in [0.25, 0.3) is 5.91 Å². The maximum atomic E-state index is 12.5. The molecule has 1 atom stereocenters. The van der Waals surface area contributed by atoms with E-state index in [1.165, 1.54) is 0 Å². The Balaban J connectivity index is 1.64. The Labute approximate surface area is 176 Å². The van der Waals surface area contributed by atoms with Crippen molar-refractivity contribution in [2.75, 3.05) is 11.9 Å². The van der Waals surface area contributed by atoms with Crippen molar-refractivity contribution in [3.8, 4) is 11.8 Å². The smallest absolute Gasteiger partial charge is 0.347 e. The average Bonchev–Trinajstić information content (AvgIpc) is 3.34. The van der Waals surface area contributed by atoms with Crippen molar-refractivity contribution in [1.82, 2.24) is 4.57 Å². The Hall–Kier alpha value is -3.27. The van der Waals surface area contributed by atoms with E-state index < -0.39 is 24.6 Å². The quantitative estimate of drug-likeness (QED) is 0.697. The van der Waals surface area contributed by atoms with Crippen LogP contribution < -0.4 is 10.1 Å². The van der Waals surface area contributed by atoms with E-state index in [1.54, 1.807) is 31.2 Å². The van der Waals surface area contributed by atoms with Crippen molar-refractivity contribution in [2.45, 2.75) is 58.6 Å². The number of carbonyl (C=O) groups excluding carboxylic acids is 2. The van der Waals surface area contributed by atoms with Gasteiger partial charge >= 0.3 is 5.97 Å². The summed E-state index contributed by atoms with van der Waals surface area (Å²) >= 11 is 0. The molecule has 7 heteroatoms. The molecule has 30 heavy (non-hydrogen) atoms. The molecular weight excluding hydrogens is 382 g/mol. The number of amides is 1. The van der Waals surface area contributed by atoms with Gasteiger partial charge in [0.15, 0.2) is 12.7 Å². The molecule has 1 amide bonds. The number of nitrogens with zero attached hydrogens (tertiary/aromatic N) is 2. The molecule has 0 saturated heterocycles. The second kappa shape index (κ2) is 9.49. The summed E-state index contributed by atoms with van der Waals surface area (Å²) < 4.78 is 12.7. The van der Waals surface area contributed by atoms with Crippen LogP contribution in [0, 0.1) is 25.2 Å². The summed E-state index contributed by atoms with van der Waals surface area (Å²) in [6, 6.07) is 11.4. The average molecular weight is 409 g/mol. The number of benzene rings is 1. The first-order valence-corrected chi connectivity index (χ1v) is 10.2. The van der Waals surface area contributed by atoms with Gasteiger partial charge in [0.05, 0.1) is 5.56 Å². The minimum absolute atomic E-state index is 0.267. The van der Waals surface area contributed by atoms with Crippen molar-refractivity contribution >= 4 is 17.7 Å². The molecule has 2 aromatic rings. The molecule has 1 fully saturated rings. The second-order valence-electron chi connectivity index (χ2n) is 7.58. The largest absolute Gasteiger partial charge is 0.479 e. The summed E-state index contributed by atoms with van der Waals surface area (Å²) in [7, 11) is 0. The van der Waals surface area contributed by atoms with Gasteiger partial charge in [-0.25, -0.2) is 4.79 Å². The maximum Gasteiger partial charge on any atom is 0.347 e. The first-order chi connectivity index (χ1) is 14.4. The number of hydrogen-bond donors (Lipinski definition) is 1. The van der Waals surface area contributed by atoms with Crippen molar-refractivity contribution in [2.24, 2.45) is 0 Å². The number of rotatable bonds is 7. The van der Waals surface area contributed by atoms with Crippen LogP contribution in [-0.4, -0.2) is 29.2 Å². The standard InChI is InChI=1S/C23H27N3O4/c1-15-16(2)26(18-9-7-8-10-18)22(20(15)13-24)25-21(27)14-29-23(28)17(3)30-19-11-5-4-6-12-19/h4-6,11-12,17-18H,7-10,14H2,1-3H3,(H,25,27)/t17-/m0/s1. The fraction of sp³-hybridized carbons (Fsp3) is 0.435. The monoisotopic (exact) mass is 409 g/mol. The number of ether oxygens (including phenoxy) is 2. The Morgan fingerprint density at radius 2 is 1.90 bits per heavy atom. The molecule has 1 N–H and O–H groups in total. The van der Waals surface area contributed by atoms with Crippen LogP contribution in [0.5, 0.6) is 5.75 Å². The number of nitriles is 1. The molecular formula is C23H27N3O4. The van der Waals surface area contributed by atoms with Crippen molar-refractivity contribution < 1.29 is 19.1 Å². The molecule has 0 spiro atoms. The molecule has 0 unspecified atom stereocenters. The summed E-state index contributed by atoms with van der Waals surface area (Å²) in [5.74, 6) is -0.0732. The highest BCUT2D eigenvalue weighted by atomic mass is 16.6. The molecule has 1 heterocycles. The fourth-order valence-corrected chi connectivity index (χ4v) is 3.88. The Kier molecular flexibility index (Phi) is 6.78. The van der Waals surface area contributed by atoms with Gasteiger partial charge in [-0.05, 0) is 51.3 Å². The number of carbonyl (C=O) groups is 2. The van der Waals surface area contributed by atoms with Crippen LogP contribution >= 0.6 is 0 Å². The minimum atomic E-state index is -0.846. The Morgan fingerprint density at radius 1 is 1.23 bits per heavy atom. The van der Waals surface area contributed by atoms with Gasteiger partial charge in [-0.15, -0.1) is 0 Å². The van der Waals surface area contributed by atoms with Crippen LogP contribution in [0.15, 0.2) is 30.3 Å². The molecule has 1 saturated carbocycles. The third-order valence-electron chi connectivity index (χ3n) is 5.55. The van der Waals surface area contributed by atoms with E-state index in [2.05, 4.69) is 16.0 Å². The molecule has 0 bridgehead atoms.